The van der Waals surface area contributed by atoms with Gasteiger partial charge in [0.05, 0.1) is 32.0 Å². The summed E-state index contributed by atoms with van der Waals surface area (Å²) < 4.78 is 11.8. The van der Waals surface area contributed by atoms with E-state index in [1.165, 1.54) is 0 Å². The van der Waals surface area contributed by atoms with E-state index in [0.717, 1.165) is 29.4 Å². The van der Waals surface area contributed by atoms with Crippen LogP contribution in [0.25, 0.3) is 0 Å². The number of aliphatic hydroxyl groups excluding tert-OH is 3. The third-order valence-corrected chi connectivity index (χ3v) is 7.25. The third kappa shape index (κ3) is 2.98. The molecule has 0 aromatic carbocycles. The van der Waals surface area contributed by atoms with Gasteiger partial charge in [-0.3, -0.25) is 0 Å². The molecule has 3 fully saturated rings. The minimum Gasteiger partial charge on any atom is -0.396 e. The summed E-state index contributed by atoms with van der Waals surface area (Å²) in [6.45, 7) is 1.01. The second-order valence-electron chi connectivity index (χ2n) is 6.03. The molecule has 0 unspecified atom stereocenters. The van der Waals surface area contributed by atoms with Crippen molar-refractivity contribution >= 4 is 23.5 Å². The highest BCUT2D eigenvalue weighted by Crippen LogP contribution is 2.46. The molecule has 0 aliphatic carbocycles. The maximum absolute atomic E-state index is 10.9. The lowest BCUT2D eigenvalue weighted by molar-refractivity contribution is -0.253. The number of ether oxygens (including phenoxy) is 2. The Hall–Kier alpha value is 0.500. The second kappa shape index (κ2) is 6.95. The summed E-state index contributed by atoms with van der Waals surface area (Å²) in [6, 6.07) is 0. The molecule has 122 valence electrons. The molecule has 3 N–H and O–H groups in total. The lowest BCUT2D eigenvalue weighted by Gasteiger charge is -2.48. The molecule has 0 saturated carbocycles. The Morgan fingerprint density at radius 2 is 1.90 bits per heavy atom. The van der Waals surface area contributed by atoms with Crippen molar-refractivity contribution in [3.63, 3.8) is 0 Å². The number of thioether (sulfide) groups is 2. The normalized spacial score (nSPS) is 41.3. The molecule has 1 spiro atoms. The minimum absolute atomic E-state index is 0.00180. The van der Waals surface area contributed by atoms with Gasteiger partial charge in [-0.05, 0) is 12.2 Å². The summed E-state index contributed by atoms with van der Waals surface area (Å²) in [5.41, 5.74) is 0. The highest BCUT2D eigenvalue weighted by molar-refractivity contribution is 7.99. The smallest absolute Gasteiger partial charge is 0.180 e. The fourth-order valence-corrected chi connectivity index (χ4v) is 6.36. The lowest BCUT2D eigenvalue weighted by atomic mass is 9.78. The first-order chi connectivity index (χ1) is 10.2. The first-order valence-electron chi connectivity index (χ1n) is 7.59. The Labute approximate surface area is 133 Å². The van der Waals surface area contributed by atoms with Crippen LogP contribution in [0.1, 0.15) is 6.42 Å². The van der Waals surface area contributed by atoms with Gasteiger partial charge in [0.2, 0.25) is 0 Å². The van der Waals surface area contributed by atoms with Crippen LogP contribution in [-0.4, -0.2) is 76.1 Å². The molecular formula is C14H24O5S2. The van der Waals surface area contributed by atoms with Crippen molar-refractivity contribution < 1.29 is 24.8 Å². The van der Waals surface area contributed by atoms with Crippen molar-refractivity contribution in [3.05, 3.63) is 0 Å². The summed E-state index contributed by atoms with van der Waals surface area (Å²) in [7, 11) is 0. The van der Waals surface area contributed by atoms with Gasteiger partial charge in [0.25, 0.3) is 0 Å². The van der Waals surface area contributed by atoms with Crippen molar-refractivity contribution in [3.8, 4) is 0 Å². The summed E-state index contributed by atoms with van der Waals surface area (Å²) in [5, 5.41) is 30.8. The standard InChI is InChI=1S/C14H24O5S2/c15-5-9-6-21-8-11(14(9)18-2-3-19-14)13(17)10-7-20-4-1-12(10)16/h9-13,15-17H,1-8H2/t9-,10+,11-,12-,13+/m0/s1. The molecule has 3 heterocycles. The molecule has 21 heavy (non-hydrogen) atoms. The predicted octanol–water partition coefficient (Wildman–Crippen LogP) is 0.176. The Bertz CT molecular complexity index is 350. The maximum atomic E-state index is 10.9. The number of hydrogen-bond donors (Lipinski definition) is 3. The molecular weight excluding hydrogens is 312 g/mol. The minimum atomic E-state index is -0.874. The SMILES string of the molecule is OC[C@H]1CSC[C@@H]([C@H](O)[C@@H]2CSCC[C@@H]2O)C12OCCO2. The fourth-order valence-electron chi connectivity index (χ4n) is 3.66. The first kappa shape index (κ1) is 16.4. The molecule has 5 nitrogen and oxygen atoms in total. The van der Waals surface area contributed by atoms with Crippen molar-refractivity contribution in [2.24, 2.45) is 17.8 Å². The van der Waals surface area contributed by atoms with Gasteiger partial charge in [-0.15, -0.1) is 0 Å². The van der Waals surface area contributed by atoms with E-state index in [1.807, 2.05) is 0 Å². The third-order valence-electron chi connectivity index (χ3n) is 4.87. The van der Waals surface area contributed by atoms with E-state index in [1.54, 1.807) is 23.5 Å². The fraction of sp³-hybridized carbons (Fsp3) is 1.00. The van der Waals surface area contributed by atoms with E-state index < -0.39 is 18.0 Å². The zero-order valence-electron chi connectivity index (χ0n) is 12.0. The van der Waals surface area contributed by atoms with Gasteiger partial charge in [0, 0.05) is 35.0 Å². The van der Waals surface area contributed by atoms with E-state index in [2.05, 4.69) is 0 Å². The monoisotopic (exact) mass is 336 g/mol. The molecule has 0 aromatic rings. The highest BCUT2D eigenvalue weighted by atomic mass is 32.2. The van der Waals surface area contributed by atoms with Crippen LogP contribution >= 0.6 is 23.5 Å². The zero-order chi connectivity index (χ0) is 14.9. The van der Waals surface area contributed by atoms with Gasteiger partial charge < -0.3 is 24.8 Å². The van der Waals surface area contributed by atoms with Crippen LogP contribution in [-0.2, 0) is 9.47 Å². The van der Waals surface area contributed by atoms with E-state index in [4.69, 9.17) is 9.47 Å². The molecule has 3 aliphatic rings. The average molecular weight is 336 g/mol. The van der Waals surface area contributed by atoms with Crippen LogP contribution < -0.4 is 0 Å². The summed E-state index contributed by atoms with van der Waals surface area (Å²) in [6.07, 6.45) is -0.392. The van der Waals surface area contributed by atoms with Crippen LogP contribution in [0.4, 0.5) is 0 Å². The molecule has 5 atom stereocenters. The summed E-state index contributed by atoms with van der Waals surface area (Å²) in [5.74, 6) is 1.90. The lowest BCUT2D eigenvalue weighted by Crippen LogP contribution is -2.59. The van der Waals surface area contributed by atoms with Crippen molar-refractivity contribution in [1.29, 1.82) is 0 Å². The topological polar surface area (TPSA) is 79.2 Å². The molecule has 0 radical (unpaired) electrons. The molecule has 0 amide bonds. The average Bonchev–Trinajstić information content (AvgIpc) is 2.97. The van der Waals surface area contributed by atoms with Gasteiger partial charge in [0.15, 0.2) is 5.79 Å². The van der Waals surface area contributed by atoms with Crippen LogP contribution in [0.2, 0.25) is 0 Å². The number of aliphatic hydroxyl groups is 3. The van der Waals surface area contributed by atoms with E-state index in [-0.39, 0.29) is 24.4 Å². The van der Waals surface area contributed by atoms with Crippen LogP contribution in [0.15, 0.2) is 0 Å². The molecule has 3 saturated heterocycles. The van der Waals surface area contributed by atoms with Gasteiger partial charge in [-0.1, -0.05) is 0 Å². The van der Waals surface area contributed by atoms with Gasteiger partial charge in [-0.2, -0.15) is 23.5 Å². The number of hydrogen-bond acceptors (Lipinski definition) is 7. The highest BCUT2D eigenvalue weighted by Gasteiger charge is 2.56. The molecule has 7 heteroatoms. The predicted molar refractivity (Wildman–Crippen MR) is 83.5 cm³/mol. The molecule has 0 bridgehead atoms. The number of rotatable bonds is 3. The summed E-state index contributed by atoms with van der Waals surface area (Å²) >= 11 is 3.50. The quantitative estimate of drug-likeness (QED) is 0.678. The van der Waals surface area contributed by atoms with Crippen molar-refractivity contribution in [1.82, 2.24) is 0 Å². The zero-order valence-corrected chi connectivity index (χ0v) is 13.7. The Balaban J connectivity index is 1.80. The van der Waals surface area contributed by atoms with Crippen LogP contribution in [0, 0.1) is 17.8 Å². The van der Waals surface area contributed by atoms with Crippen LogP contribution in [0.5, 0.6) is 0 Å². The first-order valence-corrected chi connectivity index (χ1v) is 9.90. The van der Waals surface area contributed by atoms with Crippen molar-refractivity contribution in [2.75, 3.05) is 42.8 Å². The van der Waals surface area contributed by atoms with E-state index in [0.29, 0.717) is 13.2 Å². The Kier molecular flexibility index (Phi) is 5.41. The van der Waals surface area contributed by atoms with Gasteiger partial charge in [-0.25, -0.2) is 0 Å². The summed E-state index contributed by atoms with van der Waals surface area (Å²) in [4.78, 5) is 0. The van der Waals surface area contributed by atoms with Crippen LogP contribution in [0.3, 0.4) is 0 Å². The molecule has 0 aromatic heterocycles. The van der Waals surface area contributed by atoms with Gasteiger partial charge >= 0.3 is 0 Å². The van der Waals surface area contributed by atoms with E-state index in [9.17, 15) is 15.3 Å². The van der Waals surface area contributed by atoms with E-state index >= 15 is 0 Å². The van der Waals surface area contributed by atoms with Crippen molar-refractivity contribution in [2.45, 2.75) is 24.4 Å². The maximum Gasteiger partial charge on any atom is 0.180 e. The molecule has 3 rings (SSSR count). The Morgan fingerprint density at radius 3 is 2.57 bits per heavy atom. The largest absolute Gasteiger partial charge is 0.396 e. The second-order valence-corrected chi connectivity index (χ2v) is 8.25. The molecule has 3 aliphatic heterocycles. The Morgan fingerprint density at radius 1 is 1.14 bits per heavy atom. The van der Waals surface area contributed by atoms with Gasteiger partial charge in [0.1, 0.15) is 0 Å².